The van der Waals surface area contributed by atoms with Crippen LogP contribution in [0.15, 0.2) is 30.3 Å². The van der Waals surface area contributed by atoms with Crippen LogP contribution in [0.4, 0.5) is 0 Å². The number of ketones is 2. The quantitative estimate of drug-likeness (QED) is 0.697. The SMILES string of the molecule is Cc1cc(C)c(-c2ccc(C)c(C3C(=O)[C@@H]4CC[C@@H](C4)C3=O)c2)c(C)c1. The number of Topliss-reactive ketones (excluding diaryl/α,β-unsaturated/α-hetero) is 2. The van der Waals surface area contributed by atoms with Crippen LogP contribution in [0.3, 0.4) is 0 Å². The first-order valence-corrected chi connectivity index (χ1v) is 9.63. The first kappa shape index (κ1) is 17.2. The second kappa shape index (κ2) is 6.19. The molecule has 2 saturated carbocycles. The lowest BCUT2D eigenvalue weighted by Crippen LogP contribution is -2.35. The summed E-state index contributed by atoms with van der Waals surface area (Å²) in [6.07, 6.45) is 2.56. The maximum atomic E-state index is 13.0. The molecule has 2 aliphatic carbocycles. The van der Waals surface area contributed by atoms with E-state index < -0.39 is 5.92 Å². The van der Waals surface area contributed by atoms with Crippen molar-refractivity contribution in [3.05, 3.63) is 58.1 Å². The minimum Gasteiger partial charge on any atom is -0.298 e. The van der Waals surface area contributed by atoms with E-state index in [1.165, 1.54) is 22.3 Å². The van der Waals surface area contributed by atoms with Gasteiger partial charge in [0.05, 0.1) is 0 Å². The molecule has 0 spiro atoms. The fourth-order valence-corrected chi connectivity index (χ4v) is 5.16. The molecule has 134 valence electrons. The zero-order valence-electron chi connectivity index (χ0n) is 16.1. The Morgan fingerprint density at radius 1 is 0.769 bits per heavy atom. The molecule has 2 aliphatic rings. The number of benzene rings is 2. The van der Waals surface area contributed by atoms with Gasteiger partial charge in [0.25, 0.3) is 0 Å². The third-order valence-electron chi connectivity index (χ3n) is 6.36. The highest BCUT2D eigenvalue weighted by Gasteiger charge is 2.47. The predicted molar refractivity (Wildman–Crippen MR) is 104 cm³/mol. The van der Waals surface area contributed by atoms with Gasteiger partial charge in [-0.05, 0) is 86.4 Å². The summed E-state index contributed by atoms with van der Waals surface area (Å²) in [7, 11) is 0. The van der Waals surface area contributed by atoms with Crippen molar-refractivity contribution in [2.24, 2.45) is 11.8 Å². The van der Waals surface area contributed by atoms with Gasteiger partial charge in [-0.2, -0.15) is 0 Å². The van der Waals surface area contributed by atoms with Crippen molar-refractivity contribution in [3.63, 3.8) is 0 Å². The van der Waals surface area contributed by atoms with E-state index in [1.807, 2.05) is 6.92 Å². The van der Waals surface area contributed by atoms with E-state index >= 15 is 0 Å². The summed E-state index contributed by atoms with van der Waals surface area (Å²) < 4.78 is 0. The van der Waals surface area contributed by atoms with E-state index in [-0.39, 0.29) is 23.4 Å². The minimum absolute atomic E-state index is 0.0913. The maximum absolute atomic E-state index is 13.0. The van der Waals surface area contributed by atoms with E-state index in [0.717, 1.165) is 36.0 Å². The van der Waals surface area contributed by atoms with Crippen LogP contribution in [0.5, 0.6) is 0 Å². The zero-order chi connectivity index (χ0) is 18.6. The van der Waals surface area contributed by atoms with Gasteiger partial charge in [-0.25, -0.2) is 0 Å². The van der Waals surface area contributed by atoms with Gasteiger partial charge in [-0.1, -0.05) is 29.8 Å². The summed E-state index contributed by atoms with van der Waals surface area (Å²) in [4.78, 5) is 25.9. The molecule has 2 heteroatoms. The summed E-state index contributed by atoms with van der Waals surface area (Å²) in [5, 5.41) is 0. The third kappa shape index (κ3) is 2.63. The lowest BCUT2D eigenvalue weighted by molar-refractivity contribution is -0.135. The highest BCUT2D eigenvalue weighted by molar-refractivity contribution is 6.12. The van der Waals surface area contributed by atoms with E-state index in [1.54, 1.807) is 0 Å². The molecule has 2 bridgehead atoms. The number of carbonyl (C=O) groups is 2. The number of carbonyl (C=O) groups excluding carboxylic acids is 2. The molecule has 2 aromatic rings. The van der Waals surface area contributed by atoms with Crippen molar-refractivity contribution >= 4 is 11.6 Å². The first-order chi connectivity index (χ1) is 12.4. The topological polar surface area (TPSA) is 34.1 Å². The average molecular weight is 346 g/mol. The molecule has 2 aromatic carbocycles. The van der Waals surface area contributed by atoms with Gasteiger partial charge >= 0.3 is 0 Å². The second-order valence-electron chi connectivity index (χ2n) is 8.29. The van der Waals surface area contributed by atoms with E-state index in [9.17, 15) is 9.59 Å². The van der Waals surface area contributed by atoms with Crippen LogP contribution in [0.2, 0.25) is 0 Å². The zero-order valence-corrected chi connectivity index (χ0v) is 16.1. The molecular weight excluding hydrogens is 320 g/mol. The Labute approximate surface area is 155 Å². The van der Waals surface area contributed by atoms with Crippen LogP contribution >= 0.6 is 0 Å². The molecule has 2 nitrogen and oxygen atoms in total. The molecule has 3 atom stereocenters. The van der Waals surface area contributed by atoms with Crippen molar-refractivity contribution in [1.29, 1.82) is 0 Å². The largest absolute Gasteiger partial charge is 0.298 e. The van der Waals surface area contributed by atoms with Crippen LogP contribution < -0.4 is 0 Å². The molecule has 0 amide bonds. The van der Waals surface area contributed by atoms with Crippen molar-refractivity contribution in [2.75, 3.05) is 0 Å². The number of hydrogen-bond donors (Lipinski definition) is 0. The van der Waals surface area contributed by atoms with Crippen LogP contribution in [0, 0.1) is 39.5 Å². The number of hydrogen-bond acceptors (Lipinski definition) is 2. The normalized spacial score (nSPS) is 25.0. The summed E-state index contributed by atoms with van der Waals surface area (Å²) in [5.41, 5.74) is 8.02. The molecule has 1 unspecified atom stereocenters. The number of aryl methyl sites for hydroxylation is 4. The van der Waals surface area contributed by atoms with Crippen LogP contribution in [0.1, 0.15) is 53.0 Å². The van der Waals surface area contributed by atoms with Crippen molar-refractivity contribution in [3.8, 4) is 11.1 Å². The van der Waals surface area contributed by atoms with Gasteiger partial charge in [0.1, 0.15) is 5.92 Å². The van der Waals surface area contributed by atoms with Gasteiger partial charge in [0.15, 0.2) is 11.6 Å². The van der Waals surface area contributed by atoms with Gasteiger partial charge in [-0.3, -0.25) is 9.59 Å². The standard InChI is InChI=1S/C24H26O2/c1-13-9-15(3)21(16(4)10-13)17-6-5-14(2)20(12-17)22-23(25)18-7-8-19(11-18)24(22)26/h5-6,9-10,12,18-19,22H,7-8,11H2,1-4H3/t18-,19+,22?. The van der Waals surface area contributed by atoms with Gasteiger partial charge in [-0.15, -0.1) is 0 Å². The Bertz CT molecular complexity index is 877. The van der Waals surface area contributed by atoms with Crippen molar-refractivity contribution < 1.29 is 9.59 Å². The lowest BCUT2D eigenvalue weighted by atomic mass is 9.74. The molecule has 4 rings (SSSR count). The Hall–Kier alpha value is -2.22. The fourth-order valence-electron chi connectivity index (χ4n) is 5.16. The summed E-state index contributed by atoms with van der Waals surface area (Å²) in [6.45, 7) is 8.39. The monoisotopic (exact) mass is 346 g/mol. The molecule has 0 N–H and O–H groups in total. The highest BCUT2D eigenvalue weighted by Crippen LogP contribution is 2.45. The molecule has 0 radical (unpaired) electrons. The Morgan fingerprint density at radius 2 is 1.35 bits per heavy atom. The number of rotatable bonds is 2. The van der Waals surface area contributed by atoms with Crippen LogP contribution in [-0.4, -0.2) is 11.6 Å². The van der Waals surface area contributed by atoms with Crippen molar-refractivity contribution in [1.82, 2.24) is 0 Å². The van der Waals surface area contributed by atoms with Gasteiger partial charge in [0, 0.05) is 11.8 Å². The predicted octanol–water partition coefficient (Wildman–Crippen LogP) is 5.24. The first-order valence-electron chi connectivity index (χ1n) is 9.63. The second-order valence-corrected chi connectivity index (χ2v) is 8.29. The van der Waals surface area contributed by atoms with Crippen molar-refractivity contribution in [2.45, 2.75) is 52.9 Å². The molecule has 0 heterocycles. The summed E-state index contributed by atoms with van der Waals surface area (Å²) in [5.74, 6) is -0.0582. The Balaban J connectivity index is 1.83. The average Bonchev–Trinajstić information content (AvgIpc) is 3.02. The van der Waals surface area contributed by atoms with Crippen LogP contribution in [-0.2, 0) is 9.59 Å². The van der Waals surface area contributed by atoms with E-state index in [0.29, 0.717) is 0 Å². The maximum Gasteiger partial charge on any atom is 0.150 e. The lowest BCUT2D eigenvalue weighted by Gasteiger charge is -2.27. The molecule has 26 heavy (non-hydrogen) atoms. The molecule has 0 aromatic heterocycles. The van der Waals surface area contributed by atoms with Crippen LogP contribution in [0.25, 0.3) is 11.1 Å². The van der Waals surface area contributed by atoms with Gasteiger partial charge in [0.2, 0.25) is 0 Å². The molecule has 0 aliphatic heterocycles. The molecule has 2 fully saturated rings. The number of fused-ring (bicyclic) bond motifs is 2. The highest BCUT2D eigenvalue weighted by atomic mass is 16.2. The smallest absolute Gasteiger partial charge is 0.150 e. The van der Waals surface area contributed by atoms with E-state index in [2.05, 4.69) is 51.1 Å². The Morgan fingerprint density at radius 3 is 1.92 bits per heavy atom. The minimum atomic E-state index is -0.549. The fraction of sp³-hybridized carbons (Fsp3) is 0.417. The van der Waals surface area contributed by atoms with E-state index in [4.69, 9.17) is 0 Å². The van der Waals surface area contributed by atoms with Gasteiger partial charge < -0.3 is 0 Å². The molecule has 0 saturated heterocycles. The molecular formula is C24H26O2. The third-order valence-corrected chi connectivity index (χ3v) is 6.36. The Kier molecular flexibility index (Phi) is 4.10. The summed E-state index contributed by atoms with van der Waals surface area (Å²) in [6, 6.07) is 10.7. The summed E-state index contributed by atoms with van der Waals surface area (Å²) >= 11 is 0.